The van der Waals surface area contributed by atoms with Crippen molar-refractivity contribution in [2.75, 3.05) is 6.61 Å². The summed E-state index contributed by atoms with van der Waals surface area (Å²) in [5.74, 6) is 0.622. The molecule has 0 amide bonds. The summed E-state index contributed by atoms with van der Waals surface area (Å²) < 4.78 is 6.05. The zero-order valence-electron chi connectivity index (χ0n) is 9.67. The summed E-state index contributed by atoms with van der Waals surface area (Å²) >= 11 is 0. The first kappa shape index (κ1) is 10.1. The third-order valence-corrected chi connectivity index (χ3v) is 5.28. The minimum Gasteiger partial charge on any atom is -0.393 e. The van der Waals surface area contributed by atoms with E-state index in [1.165, 1.54) is 38.5 Å². The van der Waals surface area contributed by atoms with E-state index in [9.17, 15) is 5.11 Å². The molecular weight excluding hydrogens is 188 g/mol. The molecule has 2 saturated heterocycles. The molecule has 15 heavy (non-hydrogen) atoms. The van der Waals surface area contributed by atoms with Crippen LogP contribution in [0.2, 0.25) is 0 Å². The predicted octanol–water partition coefficient (Wildman–Crippen LogP) is 2.50. The van der Waals surface area contributed by atoms with Gasteiger partial charge in [-0.2, -0.15) is 0 Å². The van der Waals surface area contributed by atoms with Crippen LogP contribution in [0.1, 0.15) is 51.9 Å². The van der Waals surface area contributed by atoms with Crippen molar-refractivity contribution in [1.82, 2.24) is 0 Å². The summed E-state index contributed by atoms with van der Waals surface area (Å²) in [7, 11) is 0. The van der Waals surface area contributed by atoms with E-state index >= 15 is 0 Å². The van der Waals surface area contributed by atoms with Gasteiger partial charge < -0.3 is 9.84 Å². The van der Waals surface area contributed by atoms with Crippen molar-refractivity contribution in [2.24, 2.45) is 11.3 Å². The highest BCUT2D eigenvalue weighted by Crippen LogP contribution is 2.58. The molecule has 3 unspecified atom stereocenters. The van der Waals surface area contributed by atoms with E-state index in [1.807, 2.05) is 0 Å². The quantitative estimate of drug-likeness (QED) is 0.758. The molecular formula is C13H22O2. The van der Waals surface area contributed by atoms with Crippen molar-refractivity contribution in [3.8, 4) is 0 Å². The van der Waals surface area contributed by atoms with E-state index in [1.54, 1.807) is 0 Å². The zero-order chi connectivity index (χ0) is 10.5. The molecule has 3 fully saturated rings. The first-order valence-electron chi connectivity index (χ1n) is 6.47. The van der Waals surface area contributed by atoms with Crippen molar-refractivity contribution < 1.29 is 9.84 Å². The number of hydrogen-bond donors (Lipinski definition) is 1. The van der Waals surface area contributed by atoms with Crippen molar-refractivity contribution in [3.05, 3.63) is 0 Å². The van der Waals surface area contributed by atoms with Gasteiger partial charge in [-0.25, -0.2) is 0 Å². The SMILES string of the molecule is CC1(C2CC3CCC2(CO)O3)CCCC1. The molecule has 2 heteroatoms. The maximum atomic E-state index is 9.66. The van der Waals surface area contributed by atoms with Crippen LogP contribution in [0, 0.1) is 11.3 Å². The summed E-state index contributed by atoms with van der Waals surface area (Å²) in [4.78, 5) is 0. The molecule has 1 N–H and O–H groups in total. The molecule has 86 valence electrons. The Bertz CT molecular complexity index is 257. The van der Waals surface area contributed by atoms with Crippen LogP contribution in [-0.2, 0) is 4.74 Å². The lowest BCUT2D eigenvalue weighted by Gasteiger charge is -2.42. The maximum Gasteiger partial charge on any atom is 0.0950 e. The standard InChI is InChI=1S/C13H22O2/c1-12(5-2-3-6-12)11-8-10-4-7-13(11,9-14)15-10/h10-11,14H,2-9H2,1H3. The highest BCUT2D eigenvalue weighted by atomic mass is 16.5. The van der Waals surface area contributed by atoms with Crippen LogP contribution in [0.3, 0.4) is 0 Å². The molecule has 0 aromatic rings. The Labute approximate surface area is 92.0 Å². The predicted molar refractivity (Wildman–Crippen MR) is 58.6 cm³/mol. The van der Waals surface area contributed by atoms with Crippen LogP contribution in [0.15, 0.2) is 0 Å². The van der Waals surface area contributed by atoms with Crippen LogP contribution in [0.4, 0.5) is 0 Å². The van der Waals surface area contributed by atoms with Gasteiger partial charge in [-0.3, -0.25) is 0 Å². The van der Waals surface area contributed by atoms with Crippen molar-refractivity contribution in [1.29, 1.82) is 0 Å². The second-order valence-corrected chi connectivity index (χ2v) is 6.15. The Morgan fingerprint density at radius 1 is 1.27 bits per heavy atom. The normalized spacial score (nSPS) is 47.6. The van der Waals surface area contributed by atoms with Gasteiger partial charge in [0.2, 0.25) is 0 Å². The summed E-state index contributed by atoms with van der Waals surface area (Å²) in [6, 6.07) is 0. The van der Waals surface area contributed by atoms with E-state index < -0.39 is 0 Å². The average Bonchev–Trinajstić information content (AvgIpc) is 2.91. The molecule has 1 saturated carbocycles. The third kappa shape index (κ3) is 1.31. The number of rotatable bonds is 2. The Balaban J connectivity index is 1.87. The lowest BCUT2D eigenvalue weighted by molar-refractivity contribution is -0.0758. The lowest BCUT2D eigenvalue weighted by atomic mass is 9.63. The van der Waals surface area contributed by atoms with Gasteiger partial charge in [0.05, 0.1) is 18.3 Å². The molecule has 3 rings (SSSR count). The molecule has 2 aliphatic heterocycles. The first-order chi connectivity index (χ1) is 7.19. The molecule has 0 aromatic carbocycles. The van der Waals surface area contributed by atoms with Gasteiger partial charge in [0.1, 0.15) is 0 Å². The largest absolute Gasteiger partial charge is 0.393 e. The molecule has 1 aliphatic carbocycles. The Hall–Kier alpha value is -0.0800. The highest BCUT2D eigenvalue weighted by molar-refractivity contribution is 5.08. The molecule has 0 radical (unpaired) electrons. The van der Waals surface area contributed by atoms with Crippen molar-refractivity contribution in [3.63, 3.8) is 0 Å². The zero-order valence-corrected chi connectivity index (χ0v) is 9.67. The second-order valence-electron chi connectivity index (χ2n) is 6.15. The molecule has 0 aromatic heterocycles. The fraction of sp³-hybridized carbons (Fsp3) is 1.00. The Morgan fingerprint density at radius 3 is 2.60 bits per heavy atom. The fourth-order valence-electron chi connectivity index (χ4n) is 4.43. The molecule has 2 nitrogen and oxygen atoms in total. The topological polar surface area (TPSA) is 29.5 Å². The lowest BCUT2D eigenvalue weighted by Crippen LogP contribution is -2.45. The van der Waals surface area contributed by atoms with Crippen LogP contribution < -0.4 is 0 Å². The summed E-state index contributed by atoms with van der Waals surface area (Å²) in [6.07, 6.45) is 9.36. The number of aliphatic hydroxyl groups is 1. The smallest absolute Gasteiger partial charge is 0.0950 e. The van der Waals surface area contributed by atoms with E-state index in [2.05, 4.69) is 6.92 Å². The molecule has 0 spiro atoms. The van der Waals surface area contributed by atoms with Gasteiger partial charge in [0.25, 0.3) is 0 Å². The molecule has 2 bridgehead atoms. The average molecular weight is 210 g/mol. The fourth-order valence-corrected chi connectivity index (χ4v) is 4.43. The number of ether oxygens (including phenoxy) is 1. The minimum atomic E-state index is -0.149. The van der Waals surface area contributed by atoms with E-state index in [4.69, 9.17) is 4.74 Å². The monoisotopic (exact) mass is 210 g/mol. The van der Waals surface area contributed by atoms with Crippen LogP contribution >= 0.6 is 0 Å². The van der Waals surface area contributed by atoms with Gasteiger partial charge in [0, 0.05) is 0 Å². The highest BCUT2D eigenvalue weighted by Gasteiger charge is 2.59. The van der Waals surface area contributed by atoms with Gasteiger partial charge in [0.15, 0.2) is 0 Å². The van der Waals surface area contributed by atoms with Crippen molar-refractivity contribution in [2.45, 2.75) is 63.6 Å². The van der Waals surface area contributed by atoms with Gasteiger partial charge in [-0.05, 0) is 43.4 Å². The summed E-state index contributed by atoms with van der Waals surface area (Å²) in [5.41, 5.74) is 0.307. The summed E-state index contributed by atoms with van der Waals surface area (Å²) in [5, 5.41) is 9.66. The Kier molecular flexibility index (Phi) is 2.16. The second kappa shape index (κ2) is 3.21. The van der Waals surface area contributed by atoms with E-state index in [0.717, 1.165) is 6.42 Å². The third-order valence-electron chi connectivity index (χ3n) is 5.28. The molecule has 3 aliphatic rings. The Morgan fingerprint density at radius 2 is 2.00 bits per heavy atom. The van der Waals surface area contributed by atoms with Gasteiger partial charge in [-0.1, -0.05) is 19.8 Å². The number of fused-ring (bicyclic) bond motifs is 2. The first-order valence-corrected chi connectivity index (χ1v) is 6.47. The summed E-state index contributed by atoms with van der Waals surface area (Å²) in [6.45, 7) is 2.66. The maximum absolute atomic E-state index is 9.66. The van der Waals surface area contributed by atoms with Crippen LogP contribution in [0.5, 0.6) is 0 Å². The van der Waals surface area contributed by atoms with Crippen LogP contribution in [0.25, 0.3) is 0 Å². The minimum absolute atomic E-state index is 0.149. The van der Waals surface area contributed by atoms with Crippen molar-refractivity contribution >= 4 is 0 Å². The number of aliphatic hydroxyl groups excluding tert-OH is 1. The molecule has 2 heterocycles. The number of hydrogen-bond acceptors (Lipinski definition) is 2. The van der Waals surface area contributed by atoms with E-state index in [0.29, 0.717) is 17.4 Å². The van der Waals surface area contributed by atoms with Gasteiger partial charge in [-0.15, -0.1) is 0 Å². The van der Waals surface area contributed by atoms with E-state index in [-0.39, 0.29) is 12.2 Å². The van der Waals surface area contributed by atoms with Crippen LogP contribution in [-0.4, -0.2) is 23.4 Å². The van der Waals surface area contributed by atoms with Gasteiger partial charge >= 0.3 is 0 Å². The molecule has 3 atom stereocenters.